The highest BCUT2D eigenvalue weighted by Gasteiger charge is 2.18. The largest absolute Gasteiger partial charge is 0.325 e. The molecule has 5 nitrogen and oxygen atoms in total. The molecule has 0 spiro atoms. The molecule has 0 aliphatic rings. The topological polar surface area (TPSA) is 59.8 Å². The van der Waals surface area contributed by atoms with Crippen molar-refractivity contribution in [3.05, 3.63) is 76.6 Å². The fourth-order valence-corrected chi connectivity index (χ4v) is 4.50. The molecule has 0 fully saturated rings. The number of thioether (sulfide) groups is 1. The van der Waals surface area contributed by atoms with E-state index in [1.165, 1.54) is 11.8 Å². The van der Waals surface area contributed by atoms with Gasteiger partial charge in [0.15, 0.2) is 11.0 Å². The van der Waals surface area contributed by atoms with Gasteiger partial charge in [-0.15, -0.1) is 21.5 Å². The maximum atomic E-state index is 12.5. The van der Waals surface area contributed by atoms with Crippen LogP contribution in [-0.4, -0.2) is 26.4 Å². The number of thiophene rings is 1. The van der Waals surface area contributed by atoms with Gasteiger partial charge < -0.3 is 5.32 Å². The minimum atomic E-state index is -0.110. The SMILES string of the molecule is Cc1cc(Cl)ccc1NC(=O)CSc1nnc(-c2cccs2)n1-c1ccccc1. The van der Waals surface area contributed by atoms with Crippen molar-refractivity contribution in [2.75, 3.05) is 11.1 Å². The first kappa shape index (κ1) is 19.7. The molecule has 0 bridgehead atoms. The van der Waals surface area contributed by atoms with Gasteiger partial charge in [0, 0.05) is 16.4 Å². The van der Waals surface area contributed by atoms with Gasteiger partial charge in [0.2, 0.25) is 5.91 Å². The average molecular weight is 441 g/mol. The van der Waals surface area contributed by atoms with Gasteiger partial charge in [0.1, 0.15) is 0 Å². The van der Waals surface area contributed by atoms with E-state index in [4.69, 9.17) is 11.6 Å². The first-order valence-corrected chi connectivity index (χ1v) is 11.1. The third-order valence-electron chi connectivity index (χ3n) is 4.18. The first-order valence-electron chi connectivity index (χ1n) is 8.85. The molecule has 0 atom stereocenters. The Bertz CT molecular complexity index is 1130. The Morgan fingerprint density at radius 2 is 1.97 bits per heavy atom. The van der Waals surface area contributed by atoms with Crippen LogP contribution < -0.4 is 5.32 Å². The number of nitrogens with zero attached hydrogens (tertiary/aromatic N) is 3. The van der Waals surface area contributed by atoms with Crippen LogP contribution in [0.25, 0.3) is 16.4 Å². The lowest BCUT2D eigenvalue weighted by atomic mass is 10.2. The predicted octanol–water partition coefficient (Wildman–Crippen LogP) is 5.69. The molecule has 146 valence electrons. The third-order valence-corrected chi connectivity index (χ3v) is 6.21. The number of aromatic nitrogens is 3. The molecule has 2 aromatic heterocycles. The number of rotatable bonds is 6. The highest BCUT2D eigenvalue weighted by molar-refractivity contribution is 7.99. The number of anilines is 1. The molecule has 0 radical (unpaired) electrons. The molecule has 4 aromatic rings. The van der Waals surface area contributed by atoms with Crippen molar-refractivity contribution in [1.82, 2.24) is 14.8 Å². The van der Waals surface area contributed by atoms with Crippen LogP contribution in [0.2, 0.25) is 5.02 Å². The number of carbonyl (C=O) groups excluding carboxylic acids is 1. The molecule has 29 heavy (non-hydrogen) atoms. The van der Waals surface area contributed by atoms with Crippen molar-refractivity contribution in [2.24, 2.45) is 0 Å². The lowest BCUT2D eigenvalue weighted by Crippen LogP contribution is -2.15. The Morgan fingerprint density at radius 3 is 2.69 bits per heavy atom. The number of hydrogen-bond donors (Lipinski definition) is 1. The van der Waals surface area contributed by atoms with Gasteiger partial charge >= 0.3 is 0 Å². The third kappa shape index (κ3) is 4.53. The van der Waals surface area contributed by atoms with Crippen LogP contribution in [0.3, 0.4) is 0 Å². The summed E-state index contributed by atoms with van der Waals surface area (Å²) in [6, 6.07) is 19.3. The van der Waals surface area contributed by atoms with E-state index in [2.05, 4.69) is 15.5 Å². The minimum Gasteiger partial charge on any atom is -0.325 e. The lowest BCUT2D eigenvalue weighted by molar-refractivity contribution is -0.113. The van der Waals surface area contributed by atoms with Crippen LogP contribution in [0.1, 0.15) is 5.56 Å². The predicted molar refractivity (Wildman–Crippen MR) is 120 cm³/mol. The van der Waals surface area contributed by atoms with Crippen molar-refractivity contribution in [2.45, 2.75) is 12.1 Å². The van der Waals surface area contributed by atoms with Gasteiger partial charge in [-0.3, -0.25) is 9.36 Å². The zero-order valence-electron chi connectivity index (χ0n) is 15.5. The second kappa shape index (κ2) is 8.82. The van der Waals surface area contributed by atoms with E-state index < -0.39 is 0 Å². The maximum Gasteiger partial charge on any atom is 0.234 e. The highest BCUT2D eigenvalue weighted by atomic mass is 35.5. The summed E-state index contributed by atoms with van der Waals surface area (Å²) in [5, 5.41) is 15.0. The Morgan fingerprint density at radius 1 is 1.14 bits per heavy atom. The summed E-state index contributed by atoms with van der Waals surface area (Å²) in [5.41, 5.74) is 2.63. The summed E-state index contributed by atoms with van der Waals surface area (Å²) in [6.45, 7) is 1.91. The van der Waals surface area contributed by atoms with E-state index in [1.54, 1.807) is 17.4 Å². The number of aryl methyl sites for hydroxylation is 1. The van der Waals surface area contributed by atoms with Crippen LogP contribution >= 0.6 is 34.7 Å². The van der Waals surface area contributed by atoms with Gasteiger partial charge in [-0.1, -0.05) is 47.6 Å². The standard InChI is InChI=1S/C21H17ClN4OS2/c1-14-12-15(22)9-10-17(14)23-19(27)13-29-21-25-24-20(18-8-5-11-28-18)26(21)16-6-3-2-4-7-16/h2-12H,13H2,1H3,(H,23,27). The van der Waals surface area contributed by atoms with Crippen LogP contribution in [0.4, 0.5) is 5.69 Å². The van der Waals surface area contributed by atoms with Crippen molar-refractivity contribution < 1.29 is 4.79 Å². The smallest absolute Gasteiger partial charge is 0.234 e. The first-order chi connectivity index (χ1) is 14.1. The Balaban J connectivity index is 1.55. The number of carbonyl (C=O) groups is 1. The van der Waals surface area contributed by atoms with E-state index >= 15 is 0 Å². The van der Waals surface area contributed by atoms with Gasteiger partial charge in [0.25, 0.3) is 0 Å². The van der Waals surface area contributed by atoms with Crippen molar-refractivity contribution in [3.8, 4) is 16.4 Å². The zero-order chi connectivity index (χ0) is 20.2. The van der Waals surface area contributed by atoms with Crippen LogP contribution in [-0.2, 0) is 4.79 Å². The van der Waals surface area contributed by atoms with Gasteiger partial charge in [-0.2, -0.15) is 0 Å². The Kier molecular flexibility index (Phi) is 5.99. The van der Waals surface area contributed by atoms with E-state index in [0.717, 1.165) is 27.6 Å². The molecule has 0 aliphatic heterocycles. The molecule has 2 aromatic carbocycles. The minimum absolute atomic E-state index is 0.110. The van der Waals surface area contributed by atoms with Crippen LogP contribution in [0.15, 0.2) is 71.2 Å². The molecule has 8 heteroatoms. The van der Waals surface area contributed by atoms with Crippen LogP contribution in [0, 0.1) is 6.92 Å². The summed E-state index contributed by atoms with van der Waals surface area (Å²) >= 11 is 8.94. The van der Waals surface area contributed by atoms with Crippen LogP contribution in [0.5, 0.6) is 0 Å². The molecule has 0 aliphatic carbocycles. The molecule has 0 unspecified atom stereocenters. The van der Waals surface area contributed by atoms with E-state index in [1.807, 2.05) is 71.5 Å². The Labute approximate surface area is 181 Å². The quantitative estimate of drug-likeness (QED) is 0.391. The maximum absolute atomic E-state index is 12.5. The number of amides is 1. The number of halogens is 1. The van der Waals surface area contributed by atoms with E-state index in [0.29, 0.717) is 10.2 Å². The van der Waals surface area contributed by atoms with E-state index in [9.17, 15) is 4.79 Å². The normalized spacial score (nSPS) is 10.8. The number of nitrogens with one attached hydrogen (secondary N) is 1. The summed E-state index contributed by atoms with van der Waals surface area (Å²) < 4.78 is 1.98. The molecular weight excluding hydrogens is 424 g/mol. The summed E-state index contributed by atoms with van der Waals surface area (Å²) in [5.74, 6) is 0.876. The monoisotopic (exact) mass is 440 g/mol. The van der Waals surface area contributed by atoms with Gasteiger partial charge in [-0.05, 0) is 54.3 Å². The fraction of sp³-hybridized carbons (Fsp3) is 0.0952. The van der Waals surface area contributed by atoms with E-state index in [-0.39, 0.29) is 11.7 Å². The lowest BCUT2D eigenvalue weighted by Gasteiger charge is -2.10. The summed E-state index contributed by atoms with van der Waals surface area (Å²) in [7, 11) is 0. The van der Waals surface area contributed by atoms with Crippen molar-refractivity contribution in [3.63, 3.8) is 0 Å². The van der Waals surface area contributed by atoms with Gasteiger partial charge in [0.05, 0.1) is 10.6 Å². The Hall–Kier alpha value is -2.61. The number of benzene rings is 2. The number of hydrogen-bond acceptors (Lipinski definition) is 5. The summed E-state index contributed by atoms with van der Waals surface area (Å²) in [6.07, 6.45) is 0. The molecule has 0 saturated carbocycles. The number of para-hydroxylation sites is 1. The highest BCUT2D eigenvalue weighted by Crippen LogP contribution is 2.30. The molecule has 0 saturated heterocycles. The van der Waals surface area contributed by atoms with Crippen molar-refractivity contribution >= 4 is 46.3 Å². The molecular formula is C21H17ClN4OS2. The summed E-state index contributed by atoms with van der Waals surface area (Å²) in [4.78, 5) is 13.5. The van der Waals surface area contributed by atoms with Crippen molar-refractivity contribution in [1.29, 1.82) is 0 Å². The fourth-order valence-electron chi connectivity index (χ4n) is 2.82. The second-order valence-electron chi connectivity index (χ2n) is 6.25. The molecule has 4 rings (SSSR count). The zero-order valence-corrected chi connectivity index (χ0v) is 17.9. The second-order valence-corrected chi connectivity index (χ2v) is 8.58. The molecule has 1 amide bonds. The average Bonchev–Trinajstić information content (AvgIpc) is 3.38. The molecule has 1 N–H and O–H groups in total. The molecule has 2 heterocycles. The van der Waals surface area contributed by atoms with Gasteiger partial charge in [-0.25, -0.2) is 0 Å².